The van der Waals surface area contributed by atoms with Gasteiger partial charge in [-0.3, -0.25) is 4.79 Å². The highest BCUT2D eigenvalue weighted by atomic mass is 16.7. The number of aliphatic hydroxyl groups excluding tert-OH is 1. The highest BCUT2D eigenvalue weighted by molar-refractivity contribution is 5.95. The van der Waals surface area contributed by atoms with Crippen LogP contribution >= 0.6 is 0 Å². The zero-order valence-electron chi connectivity index (χ0n) is 18.4. The zero-order valence-corrected chi connectivity index (χ0v) is 18.4. The van der Waals surface area contributed by atoms with Gasteiger partial charge in [-0.2, -0.15) is 0 Å². The van der Waals surface area contributed by atoms with Gasteiger partial charge in [0.2, 0.25) is 0 Å². The van der Waals surface area contributed by atoms with E-state index in [0.717, 1.165) is 32.1 Å². The number of ether oxygens (including phenoxy) is 2. The van der Waals surface area contributed by atoms with Gasteiger partial charge < -0.3 is 14.6 Å². The van der Waals surface area contributed by atoms with Crippen LogP contribution in [0, 0.1) is 0 Å². The Balaban J connectivity index is 4.58. The minimum Gasteiger partial charge on any atom is -0.396 e. The Labute approximate surface area is 167 Å². The maximum atomic E-state index is 12.7. The quantitative estimate of drug-likeness (QED) is 0.169. The van der Waals surface area contributed by atoms with Crippen LogP contribution in [-0.2, 0) is 14.3 Å². The molecule has 0 bridgehead atoms. The molecular weight excluding hydrogens is 340 g/mol. The van der Waals surface area contributed by atoms with E-state index in [0.29, 0.717) is 24.8 Å². The van der Waals surface area contributed by atoms with Gasteiger partial charge in [0, 0.05) is 33.7 Å². The van der Waals surface area contributed by atoms with E-state index in [1.165, 1.54) is 38.5 Å². The van der Waals surface area contributed by atoms with E-state index in [9.17, 15) is 9.90 Å². The van der Waals surface area contributed by atoms with E-state index < -0.39 is 5.79 Å². The zero-order chi connectivity index (χ0) is 20.4. The summed E-state index contributed by atoms with van der Waals surface area (Å²) in [5, 5.41) is 9.38. The molecule has 0 spiro atoms. The number of ketones is 1. The van der Waals surface area contributed by atoms with Crippen molar-refractivity contribution in [3.05, 3.63) is 11.6 Å². The molecule has 1 N–H and O–H groups in total. The lowest BCUT2D eigenvalue weighted by atomic mass is 9.97. The fraction of sp³-hybridized carbons (Fsp3) is 0.870. The minimum atomic E-state index is -0.866. The molecule has 0 aromatic rings. The Morgan fingerprint density at radius 3 is 1.85 bits per heavy atom. The Hall–Kier alpha value is -0.710. The number of rotatable bonds is 19. The lowest BCUT2D eigenvalue weighted by Crippen LogP contribution is -2.32. The molecule has 4 heteroatoms. The first-order valence-electron chi connectivity index (χ1n) is 11.0. The van der Waals surface area contributed by atoms with E-state index in [1.807, 2.05) is 6.08 Å². The molecule has 0 atom stereocenters. The molecule has 0 aromatic heterocycles. The molecule has 0 saturated carbocycles. The molecule has 27 heavy (non-hydrogen) atoms. The van der Waals surface area contributed by atoms with Crippen molar-refractivity contribution in [2.45, 2.75) is 110 Å². The molecule has 0 heterocycles. The summed E-state index contributed by atoms with van der Waals surface area (Å²) in [6.07, 6.45) is 16.3. The second-order valence-corrected chi connectivity index (χ2v) is 7.47. The Kier molecular flexibility index (Phi) is 16.9. The third kappa shape index (κ3) is 12.4. The number of hydrogen-bond acceptors (Lipinski definition) is 4. The van der Waals surface area contributed by atoms with Crippen LogP contribution in [0.1, 0.15) is 104 Å². The van der Waals surface area contributed by atoms with E-state index in [1.54, 1.807) is 14.2 Å². The van der Waals surface area contributed by atoms with Crippen molar-refractivity contribution in [1.29, 1.82) is 0 Å². The van der Waals surface area contributed by atoms with Crippen molar-refractivity contribution in [1.82, 2.24) is 0 Å². The Bertz CT molecular complexity index is 386. The minimum absolute atomic E-state index is 0.0343. The van der Waals surface area contributed by atoms with Gasteiger partial charge in [0.05, 0.1) is 0 Å². The molecule has 0 saturated heterocycles. The highest BCUT2D eigenvalue weighted by Gasteiger charge is 2.28. The maximum Gasteiger partial charge on any atom is 0.187 e. The molecular formula is C23H44O4. The summed E-state index contributed by atoms with van der Waals surface area (Å²) in [6.45, 7) is 4.35. The first kappa shape index (κ1) is 26.3. The van der Waals surface area contributed by atoms with Gasteiger partial charge in [0.25, 0.3) is 0 Å². The maximum absolute atomic E-state index is 12.7. The van der Waals surface area contributed by atoms with Crippen molar-refractivity contribution >= 4 is 5.78 Å². The molecule has 0 aliphatic heterocycles. The van der Waals surface area contributed by atoms with Gasteiger partial charge in [0.15, 0.2) is 11.6 Å². The molecule has 4 nitrogen and oxygen atoms in total. The summed E-state index contributed by atoms with van der Waals surface area (Å²) in [4.78, 5) is 12.7. The van der Waals surface area contributed by atoms with Crippen molar-refractivity contribution in [2.75, 3.05) is 20.8 Å². The molecule has 0 radical (unpaired) electrons. The summed E-state index contributed by atoms with van der Waals surface area (Å²) in [7, 11) is 3.23. The van der Waals surface area contributed by atoms with Crippen molar-refractivity contribution in [2.24, 2.45) is 0 Å². The van der Waals surface area contributed by atoms with Gasteiger partial charge in [-0.1, -0.05) is 71.6 Å². The standard InChI is InChI=1S/C23H44O4/c1-5-7-9-10-11-12-13-14-16-22(25)21(17-19-24)20-23(26-3,27-4)18-15-8-6-2/h20,24H,5-19H2,1-4H3. The summed E-state index contributed by atoms with van der Waals surface area (Å²) < 4.78 is 11.2. The van der Waals surface area contributed by atoms with E-state index in [-0.39, 0.29) is 12.4 Å². The van der Waals surface area contributed by atoms with Crippen LogP contribution in [0.15, 0.2) is 11.6 Å². The predicted molar refractivity (Wildman–Crippen MR) is 113 cm³/mol. The van der Waals surface area contributed by atoms with Gasteiger partial charge in [0.1, 0.15) is 0 Å². The SMILES string of the molecule is CCCCCCCCCCC(=O)C(=CC(CCCCC)(OC)OC)CCO. The molecule has 0 rings (SSSR count). The number of carbonyl (C=O) groups excluding carboxylic acids is 1. The topological polar surface area (TPSA) is 55.8 Å². The molecule has 0 fully saturated rings. The first-order valence-corrected chi connectivity index (χ1v) is 11.0. The van der Waals surface area contributed by atoms with E-state index in [2.05, 4.69) is 13.8 Å². The lowest BCUT2D eigenvalue weighted by Gasteiger charge is -2.29. The average Bonchev–Trinajstić information content (AvgIpc) is 2.68. The first-order chi connectivity index (χ1) is 13.1. The lowest BCUT2D eigenvalue weighted by molar-refractivity contribution is -0.175. The van der Waals surface area contributed by atoms with Crippen LogP contribution in [0.2, 0.25) is 0 Å². The largest absolute Gasteiger partial charge is 0.396 e. The van der Waals surface area contributed by atoms with E-state index in [4.69, 9.17) is 9.47 Å². The number of Topliss-reactive ketones (excluding diaryl/α,β-unsaturated/α-hetero) is 1. The van der Waals surface area contributed by atoms with Crippen molar-refractivity contribution in [3.8, 4) is 0 Å². The monoisotopic (exact) mass is 384 g/mol. The van der Waals surface area contributed by atoms with Gasteiger partial charge in [-0.05, 0) is 30.9 Å². The number of unbranched alkanes of at least 4 members (excludes halogenated alkanes) is 9. The molecule has 0 aliphatic carbocycles. The number of methoxy groups -OCH3 is 2. The molecule has 160 valence electrons. The average molecular weight is 385 g/mol. The van der Waals surface area contributed by atoms with Crippen LogP contribution in [0.3, 0.4) is 0 Å². The fourth-order valence-electron chi connectivity index (χ4n) is 3.36. The molecule has 0 unspecified atom stereocenters. The van der Waals surface area contributed by atoms with Gasteiger partial charge >= 0.3 is 0 Å². The molecule has 0 amide bonds. The third-order valence-corrected chi connectivity index (χ3v) is 5.21. The van der Waals surface area contributed by atoms with Gasteiger partial charge in [-0.15, -0.1) is 0 Å². The second kappa shape index (κ2) is 17.4. The fourth-order valence-corrected chi connectivity index (χ4v) is 3.36. The second-order valence-electron chi connectivity index (χ2n) is 7.47. The smallest absolute Gasteiger partial charge is 0.187 e. The summed E-state index contributed by atoms with van der Waals surface area (Å²) in [6, 6.07) is 0. The summed E-state index contributed by atoms with van der Waals surface area (Å²) in [5.74, 6) is -0.752. The summed E-state index contributed by atoms with van der Waals surface area (Å²) in [5.41, 5.74) is 0.639. The molecule has 0 aliphatic rings. The van der Waals surface area contributed by atoms with Gasteiger partial charge in [-0.25, -0.2) is 0 Å². The van der Waals surface area contributed by atoms with Crippen LogP contribution in [-0.4, -0.2) is 37.5 Å². The van der Waals surface area contributed by atoms with E-state index >= 15 is 0 Å². The highest BCUT2D eigenvalue weighted by Crippen LogP contribution is 2.25. The predicted octanol–water partition coefficient (Wildman–Crippen LogP) is 5.96. The summed E-state index contributed by atoms with van der Waals surface area (Å²) >= 11 is 0. The van der Waals surface area contributed by atoms with Crippen LogP contribution < -0.4 is 0 Å². The Morgan fingerprint density at radius 2 is 1.33 bits per heavy atom. The third-order valence-electron chi connectivity index (χ3n) is 5.21. The number of aliphatic hydroxyl groups is 1. The van der Waals surface area contributed by atoms with Crippen LogP contribution in [0.5, 0.6) is 0 Å². The number of carbonyl (C=O) groups is 1. The van der Waals surface area contributed by atoms with Crippen LogP contribution in [0.4, 0.5) is 0 Å². The normalized spacial score (nSPS) is 12.6. The number of hydrogen-bond donors (Lipinski definition) is 1. The molecule has 0 aromatic carbocycles. The van der Waals surface area contributed by atoms with Crippen LogP contribution in [0.25, 0.3) is 0 Å². The Morgan fingerprint density at radius 1 is 0.815 bits per heavy atom. The van der Waals surface area contributed by atoms with Crippen molar-refractivity contribution < 1.29 is 19.4 Å². The van der Waals surface area contributed by atoms with Crippen molar-refractivity contribution in [3.63, 3.8) is 0 Å².